The second kappa shape index (κ2) is 6.08. The first kappa shape index (κ1) is 12.5. The van der Waals surface area contributed by atoms with Crippen molar-refractivity contribution in [3.8, 4) is 0 Å². The third-order valence-corrected chi connectivity index (χ3v) is 2.95. The quantitative estimate of drug-likeness (QED) is 0.713. The van der Waals surface area contributed by atoms with Crippen molar-refractivity contribution < 1.29 is 14.3 Å². The van der Waals surface area contributed by atoms with Gasteiger partial charge in [0.05, 0.1) is 12.0 Å². The summed E-state index contributed by atoms with van der Waals surface area (Å²) in [5.74, 6) is -0.382. The maximum atomic E-state index is 11.5. The third-order valence-electron chi connectivity index (χ3n) is 2.95. The van der Waals surface area contributed by atoms with Crippen LogP contribution < -0.4 is 5.73 Å². The lowest BCUT2D eigenvalue weighted by atomic mass is 9.95. The van der Waals surface area contributed by atoms with Crippen molar-refractivity contribution in [3.05, 3.63) is 0 Å². The highest BCUT2D eigenvalue weighted by atomic mass is 16.5. The Morgan fingerprint density at radius 1 is 1.47 bits per heavy atom. The van der Waals surface area contributed by atoms with E-state index in [0.717, 1.165) is 25.7 Å². The predicted octanol–water partition coefficient (Wildman–Crippen LogP) is 1.08. The summed E-state index contributed by atoms with van der Waals surface area (Å²) in [5, 5.41) is 0. The zero-order valence-corrected chi connectivity index (χ0v) is 9.57. The summed E-state index contributed by atoms with van der Waals surface area (Å²) >= 11 is 0. The number of carbonyl (C=O) groups excluding carboxylic acids is 1. The van der Waals surface area contributed by atoms with Crippen molar-refractivity contribution in [2.45, 2.75) is 44.8 Å². The highest BCUT2D eigenvalue weighted by Gasteiger charge is 2.25. The Bertz CT molecular complexity index is 208. The average molecular weight is 215 g/mol. The van der Waals surface area contributed by atoms with Crippen LogP contribution in [-0.4, -0.2) is 31.8 Å². The molecule has 15 heavy (non-hydrogen) atoms. The molecule has 1 saturated carbocycles. The van der Waals surface area contributed by atoms with Gasteiger partial charge >= 0.3 is 5.97 Å². The van der Waals surface area contributed by atoms with Crippen molar-refractivity contribution in [2.24, 2.45) is 11.7 Å². The van der Waals surface area contributed by atoms with Gasteiger partial charge in [-0.3, -0.25) is 4.79 Å². The molecule has 0 bridgehead atoms. The van der Waals surface area contributed by atoms with Crippen LogP contribution in [0.5, 0.6) is 0 Å². The molecular weight excluding hydrogens is 194 g/mol. The van der Waals surface area contributed by atoms with Gasteiger partial charge in [-0.15, -0.1) is 0 Å². The van der Waals surface area contributed by atoms with Crippen molar-refractivity contribution in [1.82, 2.24) is 0 Å². The normalized spacial score (nSPS) is 28.5. The van der Waals surface area contributed by atoms with Crippen LogP contribution in [0.3, 0.4) is 0 Å². The Labute approximate surface area is 91.1 Å². The summed E-state index contributed by atoms with van der Waals surface area (Å²) in [6.45, 7) is 2.14. The molecule has 4 nitrogen and oxygen atoms in total. The molecular formula is C11H21NO3. The number of hydrogen-bond acceptors (Lipinski definition) is 4. The lowest BCUT2D eigenvalue weighted by Gasteiger charge is -2.28. The highest BCUT2D eigenvalue weighted by Crippen LogP contribution is 2.23. The highest BCUT2D eigenvalue weighted by molar-refractivity contribution is 5.72. The van der Waals surface area contributed by atoms with Crippen LogP contribution in [0.1, 0.15) is 32.6 Å². The van der Waals surface area contributed by atoms with Gasteiger partial charge < -0.3 is 15.2 Å². The first-order valence-electron chi connectivity index (χ1n) is 5.60. The molecule has 3 unspecified atom stereocenters. The van der Waals surface area contributed by atoms with E-state index in [9.17, 15) is 4.79 Å². The fourth-order valence-electron chi connectivity index (χ4n) is 1.80. The Balaban J connectivity index is 2.34. The van der Waals surface area contributed by atoms with E-state index in [4.69, 9.17) is 15.2 Å². The molecule has 0 radical (unpaired) electrons. The van der Waals surface area contributed by atoms with Crippen molar-refractivity contribution >= 4 is 5.97 Å². The largest absolute Gasteiger partial charge is 0.462 e. The molecule has 1 aliphatic rings. The topological polar surface area (TPSA) is 61.5 Å². The van der Waals surface area contributed by atoms with Gasteiger partial charge in [0.25, 0.3) is 0 Å². The first-order valence-corrected chi connectivity index (χ1v) is 5.60. The van der Waals surface area contributed by atoms with Gasteiger partial charge in [-0.2, -0.15) is 0 Å². The molecule has 0 aliphatic heterocycles. The lowest BCUT2D eigenvalue weighted by molar-refractivity contribution is -0.156. The average Bonchev–Trinajstić information content (AvgIpc) is 2.28. The second-order valence-corrected chi connectivity index (χ2v) is 4.22. The SMILES string of the molecule is COC1CCCC(OC(=O)C(C)CN)C1. The number of rotatable bonds is 4. The summed E-state index contributed by atoms with van der Waals surface area (Å²) in [6, 6.07) is 0. The van der Waals surface area contributed by atoms with Crippen LogP contribution in [0.25, 0.3) is 0 Å². The molecule has 4 heteroatoms. The van der Waals surface area contributed by atoms with E-state index in [1.807, 2.05) is 0 Å². The summed E-state index contributed by atoms with van der Waals surface area (Å²) in [6.07, 6.45) is 4.15. The molecule has 0 spiro atoms. The van der Waals surface area contributed by atoms with Crippen LogP contribution in [0.2, 0.25) is 0 Å². The Morgan fingerprint density at radius 2 is 2.13 bits per heavy atom. The van der Waals surface area contributed by atoms with Gasteiger partial charge in [-0.1, -0.05) is 6.92 Å². The van der Waals surface area contributed by atoms with E-state index in [2.05, 4.69) is 0 Å². The van der Waals surface area contributed by atoms with Crippen molar-refractivity contribution in [1.29, 1.82) is 0 Å². The number of esters is 1. The van der Waals surface area contributed by atoms with Gasteiger partial charge in [0.2, 0.25) is 0 Å². The maximum absolute atomic E-state index is 11.5. The molecule has 0 aromatic rings. The summed E-state index contributed by atoms with van der Waals surface area (Å²) in [5.41, 5.74) is 5.41. The number of nitrogens with two attached hydrogens (primary N) is 1. The number of carbonyl (C=O) groups is 1. The third kappa shape index (κ3) is 3.80. The Hall–Kier alpha value is -0.610. The van der Waals surface area contributed by atoms with E-state index >= 15 is 0 Å². The summed E-state index contributed by atoms with van der Waals surface area (Å²) in [4.78, 5) is 11.5. The molecule has 3 atom stereocenters. The van der Waals surface area contributed by atoms with Gasteiger partial charge in [0, 0.05) is 20.1 Å². The molecule has 0 saturated heterocycles. The molecule has 1 rings (SSSR count). The van der Waals surface area contributed by atoms with E-state index < -0.39 is 0 Å². The van der Waals surface area contributed by atoms with Crippen LogP contribution in [0.4, 0.5) is 0 Å². The van der Waals surface area contributed by atoms with Crippen LogP contribution >= 0.6 is 0 Å². The zero-order chi connectivity index (χ0) is 11.3. The fourth-order valence-corrected chi connectivity index (χ4v) is 1.80. The minimum absolute atomic E-state index is 0.0187. The number of hydrogen-bond donors (Lipinski definition) is 1. The molecule has 0 aromatic heterocycles. The molecule has 1 aliphatic carbocycles. The molecule has 0 aromatic carbocycles. The van der Waals surface area contributed by atoms with Crippen molar-refractivity contribution in [2.75, 3.05) is 13.7 Å². The van der Waals surface area contributed by atoms with Gasteiger partial charge in [-0.25, -0.2) is 0 Å². The van der Waals surface area contributed by atoms with Gasteiger partial charge in [0.1, 0.15) is 6.10 Å². The minimum atomic E-state index is -0.201. The number of methoxy groups -OCH3 is 1. The van der Waals surface area contributed by atoms with E-state index in [-0.39, 0.29) is 24.1 Å². The zero-order valence-electron chi connectivity index (χ0n) is 9.57. The van der Waals surface area contributed by atoms with E-state index in [1.165, 1.54) is 0 Å². The minimum Gasteiger partial charge on any atom is -0.462 e. The molecule has 88 valence electrons. The molecule has 1 fully saturated rings. The maximum Gasteiger partial charge on any atom is 0.310 e. The lowest BCUT2D eigenvalue weighted by Crippen LogP contribution is -2.32. The summed E-state index contributed by atoms with van der Waals surface area (Å²) in [7, 11) is 1.71. The van der Waals surface area contributed by atoms with Crippen LogP contribution in [0.15, 0.2) is 0 Å². The first-order chi connectivity index (χ1) is 7.17. The smallest absolute Gasteiger partial charge is 0.310 e. The van der Waals surface area contributed by atoms with E-state index in [0.29, 0.717) is 6.54 Å². The monoisotopic (exact) mass is 215 g/mol. The van der Waals surface area contributed by atoms with Crippen LogP contribution in [0, 0.1) is 5.92 Å². The Morgan fingerprint density at radius 3 is 2.73 bits per heavy atom. The molecule has 2 N–H and O–H groups in total. The van der Waals surface area contributed by atoms with Gasteiger partial charge in [0.15, 0.2) is 0 Å². The predicted molar refractivity (Wildman–Crippen MR) is 57.4 cm³/mol. The summed E-state index contributed by atoms with van der Waals surface area (Å²) < 4.78 is 10.7. The second-order valence-electron chi connectivity index (χ2n) is 4.22. The fraction of sp³-hybridized carbons (Fsp3) is 0.909. The number of ether oxygens (including phenoxy) is 2. The molecule has 0 amide bonds. The Kier molecular flexibility index (Phi) is 5.05. The standard InChI is InChI=1S/C11H21NO3/c1-8(7-12)11(13)15-10-5-3-4-9(6-10)14-2/h8-10H,3-7,12H2,1-2H3. The molecule has 0 heterocycles. The van der Waals surface area contributed by atoms with Crippen molar-refractivity contribution in [3.63, 3.8) is 0 Å². The van der Waals surface area contributed by atoms with Crippen LogP contribution in [-0.2, 0) is 14.3 Å². The van der Waals surface area contributed by atoms with E-state index in [1.54, 1.807) is 14.0 Å². The van der Waals surface area contributed by atoms with Gasteiger partial charge in [-0.05, 0) is 19.3 Å².